The highest BCUT2D eigenvalue weighted by molar-refractivity contribution is 7.89. The molecule has 2 aromatic heterocycles. The molecule has 0 aliphatic rings. The second kappa shape index (κ2) is 8.44. The fourth-order valence-electron chi connectivity index (χ4n) is 2.59. The summed E-state index contributed by atoms with van der Waals surface area (Å²) >= 11 is 1.56. The van der Waals surface area contributed by atoms with Gasteiger partial charge in [0.15, 0.2) is 0 Å². The Morgan fingerprint density at radius 1 is 1.17 bits per heavy atom. The van der Waals surface area contributed by atoms with E-state index >= 15 is 0 Å². The third-order valence-corrected chi connectivity index (χ3v) is 6.66. The third kappa shape index (κ3) is 4.72. The van der Waals surface area contributed by atoms with Gasteiger partial charge in [-0.1, -0.05) is 19.0 Å². The fourth-order valence-corrected chi connectivity index (χ4v) is 4.72. The molecule has 1 atom stereocenters. The first-order valence-corrected chi connectivity index (χ1v) is 11.1. The number of esters is 1. The van der Waals surface area contributed by atoms with Gasteiger partial charge in [0.2, 0.25) is 15.8 Å². The Hall–Kier alpha value is -2.56. The molecule has 0 fully saturated rings. The number of aromatic nitrogens is 2. The van der Waals surface area contributed by atoms with Gasteiger partial charge in [-0.05, 0) is 49.2 Å². The number of aryl methyl sites for hydroxylation is 1. The van der Waals surface area contributed by atoms with Crippen LogP contribution >= 0.6 is 11.3 Å². The predicted octanol–water partition coefficient (Wildman–Crippen LogP) is 3.25. The molecule has 154 valence electrons. The topological polar surface area (TPSA) is 111 Å². The molecule has 3 rings (SSSR count). The Labute approximate surface area is 173 Å². The van der Waals surface area contributed by atoms with Crippen LogP contribution in [0.5, 0.6) is 0 Å². The molecule has 10 heteroatoms. The summed E-state index contributed by atoms with van der Waals surface area (Å²) in [6, 6.07) is 8.92. The number of carbonyl (C=O) groups is 1. The molecule has 2 heterocycles. The normalized spacial score (nSPS) is 12.9. The summed E-state index contributed by atoms with van der Waals surface area (Å²) in [5.74, 6) is -0.136. The molecule has 0 amide bonds. The van der Waals surface area contributed by atoms with E-state index in [4.69, 9.17) is 4.52 Å². The zero-order chi connectivity index (χ0) is 21.2. The van der Waals surface area contributed by atoms with Crippen LogP contribution < -0.4 is 4.72 Å². The number of hydrogen-bond donors (Lipinski definition) is 1. The largest absolute Gasteiger partial charge is 0.468 e. The molecule has 8 nitrogen and oxygen atoms in total. The summed E-state index contributed by atoms with van der Waals surface area (Å²) in [7, 11) is -2.69. The molecule has 1 N–H and O–H groups in total. The molecule has 0 bridgehead atoms. The second-order valence-corrected chi connectivity index (χ2v) is 9.73. The van der Waals surface area contributed by atoms with E-state index in [-0.39, 0.29) is 16.7 Å². The van der Waals surface area contributed by atoms with Crippen molar-refractivity contribution in [3.63, 3.8) is 0 Å². The van der Waals surface area contributed by atoms with Gasteiger partial charge < -0.3 is 9.26 Å². The summed E-state index contributed by atoms with van der Waals surface area (Å²) in [6.07, 6.45) is 0. The third-order valence-electron chi connectivity index (χ3n) is 4.20. The highest BCUT2D eigenvalue weighted by Gasteiger charge is 2.29. The standard InChI is InChI=1S/C19H21N3O5S2/c1-11(2)16(19(23)26-4)22-29(24,25)14-8-6-13(7-9-14)18-20-17(21-27-18)15-10-5-12(3)28-15/h5-11,16,22H,1-4H3/t16-/m1/s1. The first kappa shape index (κ1) is 21.2. The molecular formula is C19H21N3O5S2. The molecule has 3 aromatic rings. The molecular weight excluding hydrogens is 414 g/mol. The summed E-state index contributed by atoms with van der Waals surface area (Å²) in [5.41, 5.74) is 0.587. The number of ether oxygens (including phenoxy) is 1. The van der Waals surface area contributed by atoms with Crippen LogP contribution in [0.4, 0.5) is 0 Å². The van der Waals surface area contributed by atoms with Crippen LogP contribution in [-0.4, -0.2) is 37.7 Å². The van der Waals surface area contributed by atoms with Crippen molar-refractivity contribution in [3.05, 3.63) is 41.3 Å². The molecule has 0 saturated carbocycles. The smallest absolute Gasteiger partial charge is 0.324 e. The van der Waals surface area contributed by atoms with Gasteiger partial charge >= 0.3 is 5.97 Å². The van der Waals surface area contributed by atoms with Crippen LogP contribution in [0.2, 0.25) is 0 Å². The number of methoxy groups -OCH3 is 1. The number of hydrogen-bond acceptors (Lipinski definition) is 8. The highest BCUT2D eigenvalue weighted by atomic mass is 32.2. The van der Waals surface area contributed by atoms with Crippen LogP contribution in [0.15, 0.2) is 45.8 Å². The SMILES string of the molecule is COC(=O)[C@H](NS(=O)(=O)c1ccc(-c2nc(-c3ccc(C)s3)no2)cc1)C(C)C. The van der Waals surface area contributed by atoms with E-state index in [0.29, 0.717) is 11.4 Å². The van der Waals surface area contributed by atoms with Crippen molar-refractivity contribution < 1.29 is 22.5 Å². The minimum absolute atomic E-state index is 0.0180. The lowest BCUT2D eigenvalue weighted by Gasteiger charge is -2.19. The lowest BCUT2D eigenvalue weighted by atomic mass is 10.1. The van der Waals surface area contributed by atoms with Gasteiger partial charge in [0.25, 0.3) is 5.89 Å². The Morgan fingerprint density at radius 2 is 1.86 bits per heavy atom. The van der Waals surface area contributed by atoms with E-state index in [0.717, 1.165) is 9.75 Å². The van der Waals surface area contributed by atoms with Crippen molar-refractivity contribution in [1.29, 1.82) is 0 Å². The van der Waals surface area contributed by atoms with Crippen LogP contribution in [-0.2, 0) is 19.6 Å². The van der Waals surface area contributed by atoms with E-state index in [1.54, 1.807) is 37.3 Å². The molecule has 29 heavy (non-hydrogen) atoms. The lowest BCUT2D eigenvalue weighted by Crippen LogP contribution is -2.44. The van der Waals surface area contributed by atoms with Gasteiger partial charge in [0.1, 0.15) is 6.04 Å². The second-order valence-electron chi connectivity index (χ2n) is 6.72. The number of nitrogens with one attached hydrogen (secondary N) is 1. The molecule has 0 radical (unpaired) electrons. The van der Waals surface area contributed by atoms with Crippen molar-refractivity contribution in [3.8, 4) is 22.2 Å². The van der Waals surface area contributed by atoms with Crippen molar-refractivity contribution in [2.75, 3.05) is 7.11 Å². The van der Waals surface area contributed by atoms with Crippen LogP contribution in [0.25, 0.3) is 22.2 Å². The number of thiophene rings is 1. The van der Waals surface area contributed by atoms with Gasteiger partial charge in [-0.3, -0.25) is 4.79 Å². The zero-order valence-corrected chi connectivity index (χ0v) is 18.0. The number of carbonyl (C=O) groups excluding carboxylic acids is 1. The van der Waals surface area contributed by atoms with Crippen molar-refractivity contribution in [2.45, 2.75) is 31.7 Å². The Bertz CT molecular complexity index is 1100. The van der Waals surface area contributed by atoms with Gasteiger partial charge in [0.05, 0.1) is 16.9 Å². The van der Waals surface area contributed by atoms with Crippen LogP contribution in [0.3, 0.4) is 0 Å². The summed E-state index contributed by atoms with van der Waals surface area (Å²) in [5, 5.41) is 3.98. The van der Waals surface area contributed by atoms with E-state index in [9.17, 15) is 13.2 Å². The molecule has 0 aliphatic heterocycles. The maximum absolute atomic E-state index is 12.6. The molecule has 0 aliphatic carbocycles. The fraction of sp³-hybridized carbons (Fsp3) is 0.316. The maximum atomic E-state index is 12.6. The minimum atomic E-state index is -3.91. The highest BCUT2D eigenvalue weighted by Crippen LogP contribution is 2.28. The summed E-state index contributed by atoms with van der Waals surface area (Å²) < 4.78 is 37.7. The van der Waals surface area contributed by atoms with E-state index in [2.05, 4.69) is 19.6 Å². The Morgan fingerprint density at radius 3 is 2.41 bits per heavy atom. The molecule has 1 aromatic carbocycles. The number of nitrogens with zero attached hydrogens (tertiary/aromatic N) is 2. The average molecular weight is 436 g/mol. The molecule has 0 unspecified atom stereocenters. The average Bonchev–Trinajstić information content (AvgIpc) is 3.34. The van der Waals surface area contributed by atoms with Gasteiger partial charge in [-0.25, -0.2) is 8.42 Å². The van der Waals surface area contributed by atoms with Crippen LogP contribution in [0, 0.1) is 12.8 Å². The number of sulfonamides is 1. The molecule has 0 spiro atoms. The van der Waals surface area contributed by atoms with Gasteiger partial charge in [-0.2, -0.15) is 9.71 Å². The maximum Gasteiger partial charge on any atom is 0.324 e. The van der Waals surface area contributed by atoms with Gasteiger partial charge in [0, 0.05) is 10.4 Å². The van der Waals surface area contributed by atoms with Crippen molar-refractivity contribution in [1.82, 2.24) is 14.9 Å². The Kier molecular flexibility index (Phi) is 6.15. The van der Waals surface area contributed by atoms with E-state index < -0.39 is 22.0 Å². The first-order valence-electron chi connectivity index (χ1n) is 8.82. The van der Waals surface area contributed by atoms with Crippen LogP contribution in [0.1, 0.15) is 18.7 Å². The summed E-state index contributed by atoms with van der Waals surface area (Å²) in [4.78, 5) is 18.3. The quantitative estimate of drug-likeness (QED) is 0.567. The Balaban J connectivity index is 1.81. The van der Waals surface area contributed by atoms with Gasteiger partial charge in [-0.15, -0.1) is 11.3 Å². The monoisotopic (exact) mass is 435 g/mol. The van der Waals surface area contributed by atoms with Crippen molar-refractivity contribution >= 4 is 27.3 Å². The number of benzene rings is 1. The number of rotatable bonds is 7. The zero-order valence-electron chi connectivity index (χ0n) is 16.4. The molecule has 0 saturated heterocycles. The predicted molar refractivity (Wildman–Crippen MR) is 109 cm³/mol. The van der Waals surface area contributed by atoms with E-state index in [1.165, 1.54) is 19.2 Å². The van der Waals surface area contributed by atoms with E-state index in [1.807, 2.05) is 19.1 Å². The minimum Gasteiger partial charge on any atom is -0.468 e. The lowest BCUT2D eigenvalue weighted by molar-refractivity contribution is -0.143. The summed E-state index contributed by atoms with van der Waals surface area (Å²) in [6.45, 7) is 5.46. The van der Waals surface area contributed by atoms with Crippen molar-refractivity contribution in [2.24, 2.45) is 5.92 Å². The first-order chi connectivity index (χ1) is 13.7.